The topological polar surface area (TPSA) is 25.4 Å². The molecule has 0 atom stereocenters. The first-order valence-corrected chi connectivity index (χ1v) is 7.54. The summed E-state index contributed by atoms with van der Waals surface area (Å²) in [5.41, 5.74) is 2.49. The highest BCUT2D eigenvalue weighted by molar-refractivity contribution is 5.24. The minimum absolute atomic E-state index is 0.119. The second-order valence-corrected chi connectivity index (χ2v) is 5.16. The molecule has 0 bridgehead atoms. The number of aryl methyl sites for hydroxylation is 1. The van der Waals surface area contributed by atoms with Gasteiger partial charge < -0.3 is 4.74 Å². The monoisotopic (exact) mass is 282 g/mol. The molecule has 1 fully saturated rings. The van der Waals surface area contributed by atoms with Crippen molar-refractivity contribution in [1.82, 2.24) is 9.88 Å². The van der Waals surface area contributed by atoms with Gasteiger partial charge in [-0.25, -0.2) is 4.39 Å². The van der Waals surface area contributed by atoms with Crippen molar-refractivity contribution in [3.8, 4) is 0 Å². The summed E-state index contributed by atoms with van der Waals surface area (Å²) in [7, 11) is 0. The zero-order valence-corrected chi connectivity index (χ0v) is 13.4. The van der Waals surface area contributed by atoms with Crippen molar-refractivity contribution in [2.24, 2.45) is 0 Å². The van der Waals surface area contributed by atoms with Crippen LogP contribution in [0.25, 0.3) is 0 Å². The van der Waals surface area contributed by atoms with Crippen molar-refractivity contribution in [3.05, 3.63) is 28.8 Å². The summed E-state index contributed by atoms with van der Waals surface area (Å²) in [6, 6.07) is 1.61. The normalized spacial score (nSPS) is 15.9. The standard InChI is InChI=1S/C14H21FN2O.C2H6/c1-10(2)14-12(15)8-11(3)13(16-14)9-17-4-6-18-7-5-17;1-2/h8,10H,4-7,9H2,1-3H3;1-2H3. The van der Waals surface area contributed by atoms with E-state index in [0.29, 0.717) is 5.69 Å². The molecule has 1 aliphatic heterocycles. The van der Waals surface area contributed by atoms with Gasteiger partial charge in [-0.1, -0.05) is 27.7 Å². The molecule has 114 valence electrons. The number of nitrogens with zero attached hydrogens (tertiary/aromatic N) is 2. The molecule has 2 heterocycles. The number of halogens is 1. The molecule has 0 aliphatic carbocycles. The Labute approximate surface area is 122 Å². The molecule has 0 spiro atoms. The van der Waals surface area contributed by atoms with Crippen LogP contribution in [-0.4, -0.2) is 36.2 Å². The zero-order valence-electron chi connectivity index (χ0n) is 13.4. The molecule has 1 saturated heterocycles. The van der Waals surface area contributed by atoms with Crippen LogP contribution in [0.4, 0.5) is 4.39 Å². The molecule has 0 saturated carbocycles. The molecule has 0 unspecified atom stereocenters. The van der Waals surface area contributed by atoms with E-state index in [1.807, 2.05) is 34.6 Å². The van der Waals surface area contributed by atoms with Crippen molar-refractivity contribution >= 4 is 0 Å². The summed E-state index contributed by atoms with van der Waals surface area (Å²) < 4.78 is 19.1. The van der Waals surface area contributed by atoms with Gasteiger partial charge in [-0.3, -0.25) is 9.88 Å². The highest BCUT2D eigenvalue weighted by Gasteiger charge is 2.16. The Morgan fingerprint density at radius 3 is 2.45 bits per heavy atom. The summed E-state index contributed by atoms with van der Waals surface area (Å²) in [4.78, 5) is 6.81. The number of pyridine rings is 1. The van der Waals surface area contributed by atoms with Crippen LogP contribution in [0.15, 0.2) is 6.07 Å². The molecule has 1 aliphatic rings. The van der Waals surface area contributed by atoms with Crippen LogP contribution in [0.2, 0.25) is 0 Å². The lowest BCUT2D eigenvalue weighted by molar-refractivity contribution is 0.0335. The van der Waals surface area contributed by atoms with Crippen molar-refractivity contribution in [3.63, 3.8) is 0 Å². The number of morpholine rings is 1. The first-order chi connectivity index (χ1) is 9.58. The van der Waals surface area contributed by atoms with Crippen LogP contribution in [0.5, 0.6) is 0 Å². The van der Waals surface area contributed by atoms with E-state index < -0.39 is 0 Å². The Morgan fingerprint density at radius 2 is 1.90 bits per heavy atom. The summed E-state index contributed by atoms with van der Waals surface area (Å²) in [6.07, 6.45) is 0. The molecule has 0 amide bonds. The maximum atomic E-state index is 13.8. The van der Waals surface area contributed by atoms with Gasteiger partial charge in [0, 0.05) is 19.6 Å². The molecule has 2 rings (SSSR count). The molecule has 0 radical (unpaired) electrons. The maximum Gasteiger partial charge on any atom is 0.145 e. The number of aromatic nitrogens is 1. The minimum Gasteiger partial charge on any atom is -0.379 e. The Bertz CT molecular complexity index is 415. The van der Waals surface area contributed by atoms with Crippen molar-refractivity contribution in [2.75, 3.05) is 26.3 Å². The van der Waals surface area contributed by atoms with E-state index in [1.54, 1.807) is 6.07 Å². The predicted molar refractivity (Wildman–Crippen MR) is 80.5 cm³/mol. The van der Waals surface area contributed by atoms with Gasteiger partial charge in [0.1, 0.15) is 5.82 Å². The van der Waals surface area contributed by atoms with E-state index in [-0.39, 0.29) is 11.7 Å². The number of hydrogen-bond donors (Lipinski definition) is 0. The molecule has 0 N–H and O–H groups in total. The molecule has 4 heteroatoms. The summed E-state index contributed by atoms with van der Waals surface area (Å²) >= 11 is 0. The Hall–Kier alpha value is -1.00. The lowest BCUT2D eigenvalue weighted by Crippen LogP contribution is -2.36. The fourth-order valence-corrected chi connectivity index (χ4v) is 2.17. The van der Waals surface area contributed by atoms with Gasteiger partial charge in [0.2, 0.25) is 0 Å². The van der Waals surface area contributed by atoms with E-state index in [4.69, 9.17) is 4.74 Å². The van der Waals surface area contributed by atoms with Gasteiger partial charge in [0.05, 0.1) is 24.6 Å². The third-order valence-corrected chi connectivity index (χ3v) is 3.32. The molecule has 20 heavy (non-hydrogen) atoms. The smallest absolute Gasteiger partial charge is 0.145 e. The van der Waals surface area contributed by atoms with Crippen LogP contribution in [0.3, 0.4) is 0 Å². The van der Waals surface area contributed by atoms with Gasteiger partial charge in [-0.15, -0.1) is 0 Å². The van der Waals surface area contributed by atoms with Crippen LogP contribution in [0.1, 0.15) is 50.6 Å². The Morgan fingerprint density at radius 1 is 1.30 bits per heavy atom. The van der Waals surface area contributed by atoms with Gasteiger partial charge in [-0.2, -0.15) is 0 Å². The van der Waals surface area contributed by atoms with E-state index in [0.717, 1.165) is 44.1 Å². The summed E-state index contributed by atoms with van der Waals surface area (Å²) in [5.74, 6) is -0.0673. The lowest BCUT2D eigenvalue weighted by Gasteiger charge is -2.27. The predicted octanol–water partition coefficient (Wildman–Crippen LogP) is 3.51. The third-order valence-electron chi connectivity index (χ3n) is 3.32. The van der Waals surface area contributed by atoms with Crippen LogP contribution in [-0.2, 0) is 11.3 Å². The quantitative estimate of drug-likeness (QED) is 0.848. The molecule has 0 aromatic carbocycles. The molecule has 3 nitrogen and oxygen atoms in total. The summed E-state index contributed by atoms with van der Waals surface area (Å²) in [6.45, 7) is 14.1. The van der Waals surface area contributed by atoms with E-state index in [9.17, 15) is 4.39 Å². The van der Waals surface area contributed by atoms with Gasteiger partial charge in [0.25, 0.3) is 0 Å². The average molecular weight is 282 g/mol. The largest absolute Gasteiger partial charge is 0.379 e. The fraction of sp³-hybridized carbons (Fsp3) is 0.688. The van der Waals surface area contributed by atoms with E-state index >= 15 is 0 Å². The molecule has 1 aromatic heterocycles. The van der Waals surface area contributed by atoms with Gasteiger partial charge in [-0.05, 0) is 24.5 Å². The van der Waals surface area contributed by atoms with Crippen molar-refractivity contribution in [1.29, 1.82) is 0 Å². The zero-order chi connectivity index (χ0) is 15.1. The highest BCUT2D eigenvalue weighted by Crippen LogP contribution is 2.20. The molecular weight excluding hydrogens is 255 g/mol. The lowest BCUT2D eigenvalue weighted by atomic mass is 10.1. The van der Waals surface area contributed by atoms with Crippen LogP contribution in [0, 0.1) is 12.7 Å². The van der Waals surface area contributed by atoms with Crippen LogP contribution >= 0.6 is 0 Å². The second-order valence-electron chi connectivity index (χ2n) is 5.16. The number of hydrogen-bond acceptors (Lipinski definition) is 3. The highest BCUT2D eigenvalue weighted by atomic mass is 19.1. The first kappa shape index (κ1) is 17.1. The number of rotatable bonds is 3. The van der Waals surface area contributed by atoms with Crippen molar-refractivity contribution < 1.29 is 9.13 Å². The maximum absolute atomic E-state index is 13.8. The summed E-state index contributed by atoms with van der Waals surface area (Å²) in [5, 5.41) is 0. The van der Waals surface area contributed by atoms with Crippen molar-refractivity contribution in [2.45, 2.75) is 47.1 Å². The van der Waals surface area contributed by atoms with E-state index in [2.05, 4.69) is 9.88 Å². The fourth-order valence-electron chi connectivity index (χ4n) is 2.17. The average Bonchev–Trinajstić information content (AvgIpc) is 2.45. The number of ether oxygens (including phenoxy) is 1. The van der Waals surface area contributed by atoms with Crippen LogP contribution < -0.4 is 0 Å². The third kappa shape index (κ3) is 4.53. The van der Waals surface area contributed by atoms with Gasteiger partial charge in [0.15, 0.2) is 0 Å². The Balaban J connectivity index is 0.000000956. The first-order valence-electron chi connectivity index (χ1n) is 7.54. The molecule has 1 aromatic rings. The minimum atomic E-state index is -0.187. The van der Waals surface area contributed by atoms with Gasteiger partial charge >= 0.3 is 0 Å². The molecular formula is C16H27FN2O. The second kappa shape index (κ2) is 8.32. The van der Waals surface area contributed by atoms with E-state index in [1.165, 1.54) is 0 Å². The Kier molecular flexibility index (Phi) is 7.10. The SMILES string of the molecule is CC.Cc1cc(F)c(C(C)C)nc1CN1CCOCC1.